The molecule has 18 heavy (non-hydrogen) atoms. The minimum atomic E-state index is -0.548. The molecule has 1 aliphatic rings. The Morgan fingerprint density at radius 3 is 2.72 bits per heavy atom. The van der Waals surface area contributed by atoms with Gasteiger partial charge in [-0.15, -0.1) is 0 Å². The van der Waals surface area contributed by atoms with Gasteiger partial charge in [0.15, 0.2) is 0 Å². The van der Waals surface area contributed by atoms with Crippen LogP contribution >= 0.6 is 0 Å². The minimum absolute atomic E-state index is 0.179. The van der Waals surface area contributed by atoms with Crippen molar-refractivity contribution in [3.05, 3.63) is 34.1 Å². The van der Waals surface area contributed by atoms with Gasteiger partial charge in [0.05, 0.1) is 11.0 Å². The van der Waals surface area contributed by atoms with Gasteiger partial charge in [-0.3, -0.25) is 10.1 Å². The van der Waals surface area contributed by atoms with E-state index < -0.39 is 10.7 Å². The van der Waals surface area contributed by atoms with Crippen LogP contribution in [-0.2, 0) is 0 Å². The molecule has 98 valence electrons. The Balaban J connectivity index is 2.24. The molecule has 1 aromatic rings. The maximum atomic E-state index is 13.4. The van der Waals surface area contributed by atoms with Crippen LogP contribution in [0.15, 0.2) is 18.2 Å². The van der Waals surface area contributed by atoms with Crippen LogP contribution in [0.5, 0.6) is 0 Å². The monoisotopic (exact) mass is 252 g/mol. The van der Waals surface area contributed by atoms with E-state index >= 15 is 0 Å². The summed E-state index contributed by atoms with van der Waals surface area (Å²) in [4.78, 5) is 12.2. The number of hydrogen-bond donors (Lipinski definition) is 0. The standard InChI is InChI=1S/C13H17FN2O2/c1-2-5-15(9-10-3-4-10)12-6-11(14)7-13(8-12)16(17)18/h6-8,10H,2-5,9H2,1H3. The molecule has 0 aromatic heterocycles. The lowest BCUT2D eigenvalue weighted by molar-refractivity contribution is -0.385. The van der Waals surface area contributed by atoms with Crippen molar-refractivity contribution in [2.75, 3.05) is 18.0 Å². The smallest absolute Gasteiger partial charge is 0.274 e. The van der Waals surface area contributed by atoms with Gasteiger partial charge in [0.25, 0.3) is 5.69 Å². The van der Waals surface area contributed by atoms with Crippen molar-refractivity contribution in [3.63, 3.8) is 0 Å². The zero-order chi connectivity index (χ0) is 13.1. The minimum Gasteiger partial charge on any atom is -0.371 e. The number of nitro benzene ring substituents is 1. The molecule has 5 heteroatoms. The molecule has 0 heterocycles. The summed E-state index contributed by atoms with van der Waals surface area (Å²) in [6.07, 6.45) is 3.35. The highest BCUT2D eigenvalue weighted by Crippen LogP contribution is 2.32. The number of rotatable bonds is 6. The molecule has 0 spiro atoms. The fraction of sp³-hybridized carbons (Fsp3) is 0.538. The van der Waals surface area contributed by atoms with E-state index in [1.165, 1.54) is 25.0 Å². The Kier molecular flexibility index (Phi) is 3.79. The summed E-state index contributed by atoms with van der Waals surface area (Å²) < 4.78 is 13.4. The third-order valence-corrected chi connectivity index (χ3v) is 3.11. The number of nitrogens with zero attached hydrogens (tertiary/aromatic N) is 2. The van der Waals surface area contributed by atoms with Crippen molar-refractivity contribution < 1.29 is 9.31 Å². The topological polar surface area (TPSA) is 46.4 Å². The molecule has 1 aromatic carbocycles. The molecular weight excluding hydrogens is 235 g/mol. The largest absolute Gasteiger partial charge is 0.371 e. The second-order valence-corrected chi connectivity index (χ2v) is 4.81. The lowest BCUT2D eigenvalue weighted by Gasteiger charge is -2.24. The van der Waals surface area contributed by atoms with E-state index in [2.05, 4.69) is 0 Å². The molecule has 0 saturated heterocycles. The lowest BCUT2D eigenvalue weighted by Crippen LogP contribution is -2.26. The molecule has 2 rings (SSSR count). The second kappa shape index (κ2) is 5.33. The molecule has 4 nitrogen and oxygen atoms in total. The lowest BCUT2D eigenvalue weighted by atomic mass is 10.2. The fourth-order valence-electron chi connectivity index (χ4n) is 2.05. The summed E-state index contributed by atoms with van der Waals surface area (Å²) in [5, 5.41) is 10.7. The van der Waals surface area contributed by atoms with Gasteiger partial charge in [0.1, 0.15) is 5.82 Å². The Hall–Kier alpha value is -1.65. The normalized spacial score (nSPS) is 14.6. The van der Waals surface area contributed by atoms with Gasteiger partial charge in [0.2, 0.25) is 0 Å². The van der Waals surface area contributed by atoms with Crippen LogP contribution in [0.3, 0.4) is 0 Å². The first-order valence-electron chi connectivity index (χ1n) is 6.30. The summed E-state index contributed by atoms with van der Waals surface area (Å²) >= 11 is 0. The van der Waals surface area contributed by atoms with Gasteiger partial charge in [-0.2, -0.15) is 0 Å². The molecule has 0 amide bonds. The van der Waals surface area contributed by atoms with E-state index in [-0.39, 0.29) is 5.69 Å². The van der Waals surface area contributed by atoms with E-state index in [4.69, 9.17) is 0 Å². The molecule has 1 saturated carbocycles. The summed E-state index contributed by atoms with van der Waals surface area (Å²) in [5.41, 5.74) is 0.442. The second-order valence-electron chi connectivity index (χ2n) is 4.81. The van der Waals surface area contributed by atoms with E-state index in [0.717, 1.165) is 25.6 Å². The highest BCUT2D eigenvalue weighted by atomic mass is 19.1. The third-order valence-electron chi connectivity index (χ3n) is 3.11. The summed E-state index contributed by atoms with van der Waals surface area (Å²) in [6, 6.07) is 3.80. The number of halogens is 1. The zero-order valence-corrected chi connectivity index (χ0v) is 10.4. The van der Waals surface area contributed by atoms with Crippen molar-refractivity contribution in [1.82, 2.24) is 0 Å². The summed E-state index contributed by atoms with van der Waals surface area (Å²) in [5.74, 6) is 0.120. The van der Waals surface area contributed by atoms with Gasteiger partial charge in [0, 0.05) is 24.8 Å². The van der Waals surface area contributed by atoms with Crippen LogP contribution in [-0.4, -0.2) is 18.0 Å². The van der Waals surface area contributed by atoms with Crippen LogP contribution in [0.4, 0.5) is 15.8 Å². The Morgan fingerprint density at radius 2 is 2.17 bits per heavy atom. The molecule has 1 fully saturated rings. The van der Waals surface area contributed by atoms with Crippen molar-refractivity contribution in [3.8, 4) is 0 Å². The molecule has 0 N–H and O–H groups in total. The molecule has 0 bridgehead atoms. The van der Waals surface area contributed by atoms with E-state index in [9.17, 15) is 14.5 Å². The van der Waals surface area contributed by atoms with Crippen molar-refractivity contribution in [2.24, 2.45) is 5.92 Å². The molecular formula is C13H17FN2O2. The Morgan fingerprint density at radius 1 is 1.44 bits per heavy atom. The fourth-order valence-corrected chi connectivity index (χ4v) is 2.05. The van der Waals surface area contributed by atoms with E-state index in [1.54, 1.807) is 0 Å². The molecule has 0 radical (unpaired) electrons. The quantitative estimate of drug-likeness (QED) is 0.576. The number of hydrogen-bond acceptors (Lipinski definition) is 3. The number of nitro groups is 1. The average Bonchev–Trinajstić information content (AvgIpc) is 3.11. The predicted octanol–water partition coefficient (Wildman–Crippen LogP) is 3.36. The Bertz CT molecular complexity index is 447. The van der Waals surface area contributed by atoms with Crippen molar-refractivity contribution in [1.29, 1.82) is 0 Å². The molecule has 0 aliphatic heterocycles. The zero-order valence-electron chi connectivity index (χ0n) is 10.4. The first kappa shape index (κ1) is 12.8. The third kappa shape index (κ3) is 3.18. The van der Waals surface area contributed by atoms with Crippen LogP contribution in [0.1, 0.15) is 26.2 Å². The maximum Gasteiger partial charge on any atom is 0.274 e. The summed E-state index contributed by atoms with van der Waals surface area (Å²) in [7, 11) is 0. The van der Waals surface area contributed by atoms with Crippen molar-refractivity contribution >= 4 is 11.4 Å². The van der Waals surface area contributed by atoms with Gasteiger partial charge in [-0.25, -0.2) is 4.39 Å². The van der Waals surface area contributed by atoms with Crippen LogP contribution < -0.4 is 4.90 Å². The average molecular weight is 252 g/mol. The van der Waals surface area contributed by atoms with Crippen molar-refractivity contribution in [2.45, 2.75) is 26.2 Å². The van der Waals surface area contributed by atoms with E-state index in [0.29, 0.717) is 11.6 Å². The highest BCUT2D eigenvalue weighted by molar-refractivity contribution is 5.53. The molecule has 0 unspecified atom stereocenters. The van der Waals surface area contributed by atoms with Gasteiger partial charge < -0.3 is 4.90 Å². The molecule has 0 atom stereocenters. The van der Waals surface area contributed by atoms with Gasteiger partial charge in [-0.05, 0) is 31.2 Å². The molecule has 1 aliphatic carbocycles. The van der Waals surface area contributed by atoms with Crippen LogP contribution in [0, 0.1) is 21.8 Å². The predicted molar refractivity (Wildman–Crippen MR) is 68.3 cm³/mol. The van der Waals surface area contributed by atoms with Gasteiger partial charge >= 0.3 is 0 Å². The summed E-state index contributed by atoms with van der Waals surface area (Å²) in [6.45, 7) is 3.72. The van der Waals surface area contributed by atoms with Crippen LogP contribution in [0.2, 0.25) is 0 Å². The number of anilines is 1. The number of benzene rings is 1. The van der Waals surface area contributed by atoms with E-state index in [1.807, 2.05) is 11.8 Å². The SMILES string of the molecule is CCCN(CC1CC1)c1cc(F)cc([N+](=O)[O-])c1. The first-order valence-corrected chi connectivity index (χ1v) is 6.30. The highest BCUT2D eigenvalue weighted by Gasteiger charge is 2.25. The Labute approximate surface area is 106 Å². The van der Waals surface area contributed by atoms with Gasteiger partial charge in [-0.1, -0.05) is 6.92 Å². The number of non-ortho nitro benzene ring substituents is 1. The maximum absolute atomic E-state index is 13.4. The first-order chi connectivity index (χ1) is 8.60. The van der Waals surface area contributed by atoms with Crippen LogP contribution in [0.25, 0.3) is 0 Å².